The Hall–Kier alpha value is -0.610. The Kier molecular flexibility index (Phi) is 4.85. The van der Waals surface area contributed by atoms with Crippen LogP contribution in [0.4, 0.5) is 0 Å². The van der Waals surface area contributed by atoms with Gasteiger partial charge in [0.1, 0.15) is 6.61 Å². The molecule has 1 atom stereocenters. The molecule has 0 aliphatic carbocycles. The van der Waals surface area contributed by atoms with Gasteiger partial charge in [-0.15, -0.1) is 0 Å². The Morgan fingerprint density at radius 3 is 2.50 bits per heavy atom. The minimum absolute atomic E-state index is 0.0483. The van der Waals surface area contributed by atoms with Crippen LogP contribution in [0.1, 0.15) is 20.3 Å². The van der Waals surface area contributed by atoms with Crippen molar-refractivity contribution in [3.8, 4) is 0 Å². The first kappa shape index (κ1) is 11.4. The van der Waals surface area contributed by atoms with Crippen LogP contribution < -0.4 is 5.73 Å². The van der Waals surface area contributed by atoms with E-state index in [1.165, 1.54) is 6.92 Å². The minimum atomic E-state index is -0.453. The molecule has 0 fully saturated rings. The van der Waals surface area contributed by atoms with Crippen molar-refractivity contribution >= 4 is 5.97 Å². The molecule has 0 bridgehead atoms. The highest BCUT2D eigenvalue weighted by Crippen LogP contribution is 2.19. The first-order chi connectivity index (χ1) is 5.60. The summed E-state index contributed by atoms with van der Waals surface area (Å²) in [6.45, 7) is 3.73. The van der Waals surface area contributed by atoms with Gasteiger partial charge in [0, 0.05) is 18.9 Å². The van der Waals surface area contributed by atoms with Crippen molar-refractivity contribution < 1.29 is 14.6 Å². The third kappa shape index (κ3) is 3.19. The van der Waals surface area contributed by atoms with E-state index in [-0.39, 0.29) is 19.2 Å². The van der Waals surface area contributed by atoms with E-state index in [0.717, 1.165) is 0 Å². The molecule has 0 radical (unpaired) electrons. The Bertz CT molecular complexity index is 135. The van der Waals surface area contributed by atoms with Crippen LogP contribution in [0.15, 0.2) is 0 Å². The van der Waals surface area contributed by atoms with Crippen LogP contribution in [0.3, 0.4) is 0 Å². The van der Waals surface area contributed by atoms with Crippen molar-refractivity contribution in [1.29, 1.82) is 0 Å². The number of carbonyl (C=O) groups excluding carboxylic acids is 1. The summed E-state index contributed by atoms with van der Waals surface area (Å²) in [5.41, 5.74) is 5.01. The van der Waals surface area contributed by atoms with Gasteiger partial charge >= 0.3 is 5.97 Å². The van der Waals surface area contributed by atoms with Crippen molar-refractivity contribution in [3.63, 3.8) is 0 Å². The molecule has 0 aromatic carbocycles. The Balaban J connectivity index is 4.01. The molecule has 0 aliphatic heterocycles. The standard InChI is InChI=1S/C8H17NO3/c1-3-8(4-9,5-10)6-12-7(2)11/h10H,3-6,9H2,1-2H3. The molecule has 4 heteroatoms. The summed E-state index contributed by atoms with van der Waals surface area (Å²) in [6.07, 6.45) is 0.702. The molecule has 0 saturated heterocycles. The van der Waals surface area contributed by atoms with E-state index in [2.05, 4.69) is 0 Å². The topological polar surface area (TPSA) is 72.6 Å². The zero-order chi connectivity index (χ0) is 9.61. The van der Waals surface area contributed by atoms with Crippen molar-refractivity contribution in [1.82, 2.24) is 0 Å². The first-order valence-electron chi connectivity index (χ1n) is 4.04. The molecule has 0 aromatic heterocycles. The molecule has 72 valence electrons. The molecule has 3 N–H and O–H groups in total. The van der Waals surface area contributed by atoms with E-state index >= 15 is 0 Å². The SMILES string of the molecule is CCC(CN)(CO)COC(C)=O. The van der Waals surface area contributed by atoms with E-state index in [4.69, 9.17) is 15.6 Å². The minimum Gasteiger partial charge on any atom is -0.465 e. The van der Waals surface area contributed by atoms with Gasteiger partial charge in [-0.25, -0.2) is 0 Å². The van der Waals surface area contributed by atoms with Crippen LogP contribution in [0.2, 0.25) is 0 Å². The fraction of sp³-hybridized carbons (Fsp3) is 0.875. The zero-order valence-corrected chi connectivity index (χ0v) is 7.67. The Labute approximate surface area is 72.7 Å². The number of hydrogen-bond donors (Lipinski definition) is 2. The second-order valence-corrected chi connectivity index (χ2v) is 3.00. The second-order valence-electron chi connectivity index (χ2n) is 3.00. The normalized spacial score (nSPS) is 15.3. The second kappa shape index (κ2) is 5.11. The molecule has 12 heavy (non-hydrogen) atoms. The highest BCUT2D eigenvalue weighted by molar-refractivity contribution is 5.65. The summed E-state index contributed by atoms with van der Waals surface area (Å²) in [5, 5.41) is 9.02. The number of nitrogens with two attached hydrogens (primary N) is 1. The van der Waals surface area contributed by atoms with E-state index in [0.29, 0.717) is 13.0 Å². The molecule has 0 amide bonds. The summed E-state index contributed by atoms with van der Waals surface area (Å²) in [4.78, 5) is 10.5. The molecule has 4 nitrogen and oxygen atoms in total. The van der Waals surface area contributed by atoms with Crippen LogP contribution in [-0.4, -0.2) is 30.8 Å². The quantitative estimate of drug-likeness (QED) is 0.572. The predicted molar refractivity (Wildman–Crippen MR) is 45.5 cm³/mol. The number of aliphatic hydroxyl groups excluding tert-OH is 1. The number of carbonyl (C=O) groups is 1. The average molecular weight is 175 g/mol. The van der Waals surface area contributed by atoms with Crippen LogP contribution in [0, 0.1) is 5.41 Å². The average Bonchev–Trinajstić information content (AvgIpc) is 2.08. The maximum Gasteiger partial charge on any atom is 0.302 e. The van der Waals surface area contributed by atoms with E-state index in [9.17, 15) is 4.79 Å². The van der Waals surface area contributed by atoms with Gasteiger partial charge in [0.25, 0.3) is 0 Å². The van der Waals surface area contributed by atoms with Crippen LogP contribution in [0.5, 0.6) is 0 Å². The lowest BCUT2D eigenvalue weighted by Crippen LogP contribution is -2.38. The van der Waals surface area contributed by atoms with Crippen molar-refractivity contribution in [2.75, 3.05) is 19.8 Å². The summed E-state index contributed by atoms with van der Waals surface area (Å²) >= 11 is 0. The summed E-state index contributed by atoms with van der Waals surface area (Å²) in [7, 11) is 0. The molecule has 0 aliphatic rings. The van der Waals surface area contributed by atoms with Gasteiger partial charge in [0.2, 0.25) is 0 Å². The highest BCUT2D eigenvalue weighted by atomic mass is 16.5. The molecule has 0 saturated carbocycles. The Morgan fingerprint density at radius 2 is 2.25 bits per heavy atom. The summed E-state index contributed by atoms with van der Waals surface area (Å²) in [5.74, 6) is -0.338. The van der Waals surface area contributed by atoms with Crippen molar-refractivity contribution in [3.05, 3.63) is 0 Å². The number of aliphatic hydroxyl groups is 1. The van der Waals surface area contributed by atoms with E-state index in [1.807, 2.05) is 6.92 Å². The van der Waals surface area contributed by atoms with Crippen LogP contribution >= 0.6 is 0 Å². The lowest BCUT2D eigenvalue weighted by molar-refractivity contribution is -0.145. The lowest BCUT2D eigenvalue weighted by atomic mass is 9.87. The van der Waals surface area contributed by atoms with E-state index < -0.39 is 5.41 Å². The predicted octanol–water partition coefficient (Wildman–Crippen LogP) is -0.103. The molecule has 0 rings (SSSR count). The summed E-state index contributed by atoms with van der Waals surface area (Å²) in [6, 6.07) is 0. The first-order valence-corrected chi connectivity index (χ1v) is 4.04. The van der Waals surface area contributed by atoms with Gasteiger partial charge in [0.15, 0.2) is 0 Å². The van der Waals surface area contributed by atoms with Crippen molar-refractivity contribution in [2.24, 2.45) is 11.1 Å². The van der Waals surface area contributed by atoms with Gasteiger partial charge in [0.05, 0.1) is 6.61 Å². The molecule has 1 unspecified atom stereocenters. The number of hydrogen-bond acceptors (Lipinski definition) is 4. The zero-order valence-electron chi connectivity index (χ0n) is 7.67. The molecule has 0 spiro atoms. The monoisotopic (exact) mass is 175 g/mol. The van der Waals surface area contributed by atoms with E-state index in [1.54, 1.807) is 0 Å². The fourth-order valence-corrected chi connectivity index (χ4v) is 0.782. The third-order valence-electron chi connectivity index (χ3n) is 2.10. The van der Waals surface area contributed by atoms with Crippen LogP contribution in [0.25, 0.3) is 0 Å². The smallest absolute Gasteiger partial charge is 0.302 e. The number of esters is 1. The van der Waals surface area contributed by atoms with Gasteiger partial charge in [-0.1, -0.05) is 6.92 Å². The molecular weight excluding hydrogens is 158 g/mol. The Morgan fingerprint density at radius 1 is 1.67 bits per heavy atom. The largest absolute Gasteiger partial charge is 0.465 e. The molecule has 0 heterocycles. The van der Waals surface area contributed by atoms with Gasteiger partial charge in [-0.2, -0.15) is 0 Å². The number of rotatable bonds is 5. The van der Waals surface area contributed by atoms with Gasteiger partial charge < -0.3 is 15.6 Å². The molecular formula is C8H17NO3. The maximum absolute atomic E-state index is 10.5. The maximum atomic E-state index is 10.5. The summed E-state index contributed by atoms with van der Waals surface area (Å²) < 4.78 is 4.80. The number of ether oxygens (including phenoxy) is 1. The fourth-order valence-electron chi connectivity index (χ4n) is 0.782. The highest BCUT2D eigenvalue weighted by Gasteiger charge is 2.27. The molecule has 0 aromatic rings. The van der Waals surface area contributed by atoms with Crippen LogP contribution in [-0.2, 0) is 9.53 Å². The third-order valence-corrected chi connectivity index (χ3v) is 2.10. The van der Waals surface area contributed by atoms with Crippen molar-refractivity contribution in [2.45, 2.75) is 20.3 Å². The van der Waals surface area contributed by atoms with Gasteiger partial charge in [-0.3, -0.25) is 4.79 Å². The lowest BCUT2D eigenvalue weighted by Gasteiger charge is -2.27. The van der Waals surface area contributed by atoms with Gasteiger partial charge in [-0.05, 0) is 6.42 Å².